The van der Waals surface area contributed by atoms with Crippen molar-refractivity contribution in [3.8, 4) is 5.75 Å². The van der Waals surface area contributed by atoms with Gasteiger partial charge >= 0.3 is 13.3 Å². The quantitative estimate of drug-likeness (QED) is 0.542. The Morgan fingerprint density at radius 3 is 2.29 bits per heavy atom. The Bertz CT molecular complexity index is 342. The number of hydrogen-bond donors (Lipinski definition) is 3. The molecule has 3 N–H and O–H groups in total. The monoisotopic (exact) mass is 207 g/mol. The second kappa shape index (κ2) is 3.47. The van der Waals surface area contributed by atoms with Gasteiger partial charge in [0.2, 0.25) is 0 Å². The molecule has 1 aromatic rings. The summed E-state index contributed by atoms with van der Waals surface area (Å²) in [5, 5.41) is 26.0. The van der Waals surface area contributed by atoms with E-state index in [-0.39, 0.29) is 0 Å². The molecule has 0 radical (unpaired) electrons. The summed E-state index contributed by atoms with van der Waals surface area (Å²) < 4.78 is 36.5. The number of aromatic hydroxyl groups is 1. The van der Waals surface area contributed by atoms with E-state index in [1.807, 2.05) is 0 Å². The van der Waals surface area contributed by atoms with Gasteiger partial charge in [-0.15, -0.1) is 0 Å². The van der Waals surface area contributed by atoms with E-state index < -0.39 is 30.2 Å². The molecular weight excluding hydrogens is 202 g/mol. The topological polar surface area (TPSA) is 73.6 Å². The Kier molecular flexibility index (Phi) is 2.67. The second-order valence-electron chi connectivity index (χ2n) is 2.50. The first-order valence-electron chi connectivity index (χ1n) is 3.44. The fraction of sp³-hybridized carbons (Fsp3) is 0.167. The highest BCUT2D eigenvalue weighted by atomic mass is 19.4. The van der Waals surface area contributed by atoms with E-state index in [0.29, 0.717) is 12.3 Å². The third-order valence-electron chi connectivity index (χ3n) is 1.45. The lowest BCUT2D eigenvalue weighted by atomic mass is 9.78. The van der Waals surface area contributed by atoms with E-state index in [1.165, 1.54) is 0 Å². The summed E-state index contributed by atoms with van der Waals surface area (Å²) in [4.78, 5) is 2.88. The maximum atomic E-state index is 12.2. The van der Waals surface area contributed by atoms with Crippen molar-refractivity contribution >= 4 is 12.6 Å². The Morgan fingerprint density at radius 2 is 1.86 bits per heavy atom. The predicted octanol–water partition coefficient (Wildman–Crippen LogP) is -0.514. The van der Waals surface area contributed by atoms with Crippen LogP contribution >= 0.6 is 0 Å². The number of alkyl halides is 3. The smallest absolute Gasteiger partial charge is 0.490 e. The minimum atomic E-state index is -4.78. The van der Waals surface area contributed by atoms with Crippen LogP contribution in [0.25, 0.3) is 0 Å². The van der Waals surface area contributed by atoms with Gasteiger partial charge in [-0.05, 0) is 6.07 Å². The fourth-order valence-electron chi connectivity index (χ4n) is 0.904. The average Bonchev–Trinajstić information content (AvgIpc) is 2.01. The molecule has 8 heteroatoms. The van der Waals surface area contributed by atoms with Gasteiger partial charge in [0.15, 0.2) is 0 Å². The van der Waals surface area contributed by atoms with Crippen LogP contribution in [-0.4, -0.2) is 27.3 Å². The van der Waals surface area contributed by atoms with Crippen molar-refractivity contribution < 1.29 is 28.3 Å². The molecule has 0 bridgehead atoms. The van der Waals surface area contributed by atoms with Gasteiger partial charge in [0.05, 0.1) is 6.20 Å². The Labute approximate surface area is 76.8 Å². The zero-order chi connectivity index (χ0) is 10.9. The van der Waals surface area contributed by atoms with Crippen LogP contribution in [0.1, 0.15) is 5.69 Å². The minimum Gasteiger partial charge on any atom is -0.506 e. The molecule has 1 heterocycles. The van der Waals surface area contributed by atoms with Gasteiger partial charge in [-0.2, -0.15) is 13.2 Å². The highest BCUT2D eigenvalue weighted by molar-refractivity contribution is 6.59. The third kappa shape index (κ3) is 2.15. The molecule has 0 fully saturated rings. The van der Waals surface area contributed by atoms with Gasteiger partial charge in [0.1, 0.15) is 11.4 Å². The molecule has 0 amide bonds. The summed E-state index contributed by atoms with van der Waals surface area (Å²) >= 11 is 0. The van der Waals surface area contributed by atoms with Crippen molar-refractivity contribution in [2.45, 2.75) is 6.18 Å². The number of pyridine rings is 1. The molecule has 1 rings (SSSR count). The summed E-state index contributed by atoms with van der Waals surface area (Å²) in [7, 11) is -2.33. The largest absolute Gasteiger partial charge is 0.506 e. The van der Waals surface area contributed by atoms with Gasteiger partial charge in [0.25, 0.3) is 0 Å². The molecule has 4 nitrogen and oxygen atoms in total. The SMILES string of the molecule is OB(O)c1cc(O)cnc1C(F)(F)F. The van der Waals surface area contributed by atoms with Crippen LogP contribution in [0.2, 0.25) is 0 Å². The lowest BCUT2D eigenvalue weighted by molar-refractivity contribution is -0.140. The molecule has 0 spiro atoms. The number of nitrogens with zero attached hydrogens (tertiary/aromatic N) is 1. The van der Waals surface area contributed by atoms with Gasteiger partial charge in [-0.25, -0.2) is 4.98 Å². The van der Waals surface area contributed by atoms with Crippen molar-refractivity contribution in [2.75, 3.05) is 0 Å². The molecule has 76 valence electrons. The van der Waals surface area contributed by atoms with Crippen molar-refractivity contribution in [3.05, 3.63) is 18.0 Å². The number of rotatable bonds is 1. The summed E-state index contributed by atoms with van der Waals surface area (Å²) in [5.74, 6) is -0.568. The fourth-order valence-corrected chi connectivity index (χ4v) is 0.904. The van der Waals surface area contributed by atoms with Gasteiger partial charge in [-0.3, -0.25) is 0 Å². The summed E-state index contributed by atoms with van der Waals surface area (Å²) in [6.45, 7) is 0. The normalized spacial score (nSPS) is 11.5. The zero-order valence-corrected chi connectivity index (χ0v) is 6.65. The molecule has 14 heavy (non-hydrogen) atoms. The molecule has 0 aliphatic rings. The Balaban J connectivity index is 3.29. The van der Waals surface area contributed by atoms with Crippen LogP contribution in [0.5, 0.6) is 5.75 Å². The minimum absolute atomic E-state index is 0.568. The van der Waals surface area contributed by atoms with Crippen LogP contribution in [0, 0.1) is 0 Å². The number of hydrogen-bond acceptors (Lipinski definition) is 4. The molecular formula is C6H5BF3NO3. The van der Waals surface area contributed by atoms with E-state index in [4.69, 9.17) is 15.2 Å². The van der Waals surface area contributed by atoms with Gasteiger partial charge < -0.3 is 15.2 Å². The van der Waals surface area contributed by atoms with Crippen LogP contribution in [-0.2, 0) is 6.18 Å². The molecule has 0 atom stereocenters. The van der Waals surface area contributed by atoms with Crippen molar-refractivity contribution in [3.63, 3.8) is 0 Å². The van der Waals surface area contributed by atoms with Crippen molar-refractivity contribution in [1.82, 2.24) is 4.98 Å². The predicted molar refractivity (Wildman–Crippen MR) is 40.7 cm³/mol. The molecule has 0 aliphatic carbocycles. The number of aromatic nitrogens is 1. The molecule has 0 saturated carbocycles. The van der Waals surface area contributed by atoms with Crippen molar-refractivity contribution in [2.24, 2.45) is 0 Å². The highest BCUT2D eigenvalue weighted by Crippen LogP contribution is 2.26. The average molecular weight is 207 g/mol. The van der Waals surface area contributed by atoms with Crippen LogP contribution < -0.4 is 5.46 Å². The highest BCUT2D eigenvalue weighted by Gasteiger charge is 2.38. The molecule has 0 unspecified atom stereocenters. The van der Waals surface area contributed by atoms with Gasteiger partial charge in [-0.1, -0.05) is 0 Å². The lowest BCUT2D eigenvalue weighted by Crippen LogP contribution is -2.37. The number of halogens is 3. The molecule has 0 saturated heterocycles. The summed E-state index contributed by atoms with van der Waals surface area (Å²) in [6.07, 6.45) is -4.21. The lowest BCUT2D eigenvalue weighted by Gasteiger charge is -2.10. The Morgan fingerprint density at radius 1 is 1.29 bits per heavy atom. The second-order valence-corrected chi connectivity index (χ2v) is 2.50. The Hall–Kier alpha value is -1.28. The van der Waals surface area contributed by atoms with Crippen LogP contribution in [0.3, 0.4) is 0 Å². The van der Waals surface area contributed by atoms with E-state index in [0.717, 1.165) is 0 Å². The molecule has 1 aromatic heterocycles. The zero-order valence-electron chi connectivity index (χ0n) is 6.65. The van der Waals surface area contributed by atoms with Crippen LogP contribution in [0.4, 0.5) is 13.2 Å². The molecule has 0 aromatic carbocycles. The van der Waals surface area contributed by atoms with E-state index >= 15 is 0 Å². The summed E-state index contributed by atoms with van der Waals surface area (Å²) in [5.41, 5.74) is -2.30. The summed E-state index contributed by atoms with van der Waals surface area (Å²) in [6, 6.07) is 0.598. The first kappa shape index (κ1) is 10.8. The first-order valence-corrected chi connectivity index (χ1v) is 3.44. The van der Waals surface area contributed by atoms with Gasteiger partial charge in [0, 0.05) is 5.46 Å². The van der Waals surface area contributed by atoms with E-state index in [2.05, 4.69) is 4.98 Å². The standard InChI is InChI=1S/C6H5BF3NO3/c8-6(9,10)5-4(7(13)14)1-3(12)2-11-5/h1-2,12-14H. The van der Waals surface area contributed by atoms with E-state index in [9.17, 15) is 13.2 Å². The van der Waals surface area contributed by atoms with Crippen LogP contribution in [0.15, 0.2) is 12.3 Å². The molecule has 0 aliphatic heterocycles. The first-order chi connectivity index (χ1) is 6.32. The van der Waals surface area contributed by atoms with E-state index in [1.54, 1.807) is 0 Å². The maximum absolute atomic E-state index is 12.2. The third-order valence-corrected chi connectivity index (χ3v) is 1.45. The maximum Gasteiger partial charge on any atom is 0.490 e. The van der Waals surface area contributed by atoms with Crippen molar-refractivity contribution in [1.29, 1.82) is 0 Å².